The van der Waals surface area contributed by atoms with Gasteiger partial charge in [0, 0.05) is 13.1 Å². The Morgan fingerprint density at radius 2 is 2.00 bits per heavy atom. The average molecular weight is 192 g/mol. The Balaban J connectivity index is 2.39. The van der Waals surface area contributed by atoms with E-state index in [2.05, 4.69) is 5.32 Å². The van der Waals surface area contributed by atoms with Gasteiger partial charge >= 0.3 is 0 Å². The van der Waals surface area contributed by atoms with E-state index in [1.54, 1.807) is 0 Å². The van der Waals surface area contributed by atoms with Crippen LogP contribution in [0.2, 0.25) is 0 Å². The van der Waals surface area contributed by atoms with E-state index < -0.39 is 24.5 Å². The molecule has 0 amide bonds. The fourth-order valence-electron chi connectivity index (χ4n) is 1.21. The highest BCUT2D eigenvalue weighted by Gasteiger charge is 2.36. The predicted octanol–water partition coefficient (Wildman–Crippen LogP) is -3.03. The molecule has 1 aliphatic heterocycles. The zero-order valence-electron chi connectivity index (χ0n) is 7.26. The largest absolute Gasteiger partial charge is 0.388 e. The Morgan fingerprint density at radius 3 is 2.62 bits per heavy atom. The summed E-state index contributed by atoms with van der Waals surface area (Å²) in [5.74, 6) is 0. The molecule has 6 heteroatoms. The summed E-state index contributed by atoms with van der Waals surface area (Å²) in [6.45, 7) is 0.927. The molecule has 13 heavy (non-hydrogen) atoms. The van der Waals surface area contributed by atoms with Crippen molar-refractivity contribution in [2.45, 2.75) is 24.5 Å². The van der Waals surface area contributed by atoms with Crippen LogP contribution in [0.1, 0.15) is 0 Å². The van der Waals surface area contributed by atoms with Crippen LogP contribution >= 0.6 is 0 Å². The number of hydrogen-bond acceptors (Lipinski definition) is 6. The summed E-state index contributed by atoms with van der Waals surface area (Å²) in [5, 5.41) is 30.6. The fourth-order valence-corrected chi connectivity index (χ4v) is 1.21. The van der Waals surface area contributed by atoms with Gasteiger partial charge in [0.1, 0.15) is 24.5 Å². The second-order valence-electron chi connectivity index (χ2n) is 3.05. The van der Waals surface area contributed by atoms with Crippen LogP contribution in [-0.2, 0) is 4.74 Å². The van der Waals surface area contributed by atoms with Gasteiger partial charge in [0.05, 0.1) is 6.61 Å². The van der Waals surface area contributed by atoms with Crippen molar-refractivity contribution in [3.8, 4) is 0 Å². The quantitative estimate of drug-likeness (QED) is 0.325. The lowest BCUT2D eigenvalue weighted by Crippen LogP contribution is -2.58. The van der Waals surface area contributed by atoms with E-state index in [-0.39, 0.29) is 6.61 Å². The molecule has 6 N–H and O–H groups in total. The van der Waals surface area contributed by atoms with Crippen molar-refractivity contribution in [1.29, 1.82) is 0 Å². The minimum atomic E-state index is -1.16. The Morgan fingerprint density at radius 1 is 1.31 bits per heavy atom. The first kappa shape index (κ1) is 10.8. The first-order chi connectivity index (χ1) is 6.16. The normalized spacial score (nSPS) is 40.6. The number of ether oxygens (including phenoxy) is 1. The molecule has 0 spiro atoms. The topological polar surface area (TPSA) is 108 Å². The van der Waals surface area contributed by atoms with Crippen LogP contribution in [0.3, 0.4) is 0 Å². The Kier molecular flexibility index (Phi) is 4.04. The maximum atomic E-state index is 9.40. The van der Waals surface area contributed by atoms with Crippen molar-refractivity contribution in [2.24, 2.45) is 5.73 Å². The van der Waals surface area contributed by atoms with E-state index in [4.69, 9.17) is 15.6 Å². The molecule has 1 fully saturated rings. The molecular formula is C7H16N2O4. The summed E-state index contributed by atoms with van der Waals surface area (Å²) in [6, 6.07) is 0. The molecule has 0 aliphatic carbocycles. The monoisotopic (exact) mass is 192 g/mol. The lowest BCUT2D eigenvalue weighted by atomic mass is 10.0. The van der Waals surface area contributed by atoms with Crippen LogP contribution < -0.4 is 11.1 Å². The Labute approximate surface area is 76.3 Å². The second kappa shape index (κ2) is 4.85. The minimum Gasteiger partial charge on any atom is -0.388 e. The van der Waals surface area contributed by atoms with Crippen LogP contribution in [0, 0.1) is 0 Å². The molecule has 1 aliphatic rings. The average Bonchev–Trinajstić information content (AvgIpc) is 2.13. The predicted molar refractivity (Wildman–Crippen MR) is 44.8 cm³/mol. The number of nitrogens with two attached hydrogens (primary N) is 1. The maximum absolute atomic E-state index is 9.40. The summed E-state index contributed by atoms with van der Waals surface area (Å²) in [4.78, 5) is 0. The number of nitrogens with one attached hydrogen (secondary N) is 1. The summed E-state index contributed by atoms with van der Waals surface area (Å²) >= 11 is 0. The SMILES string of the molecule is NCCN[C@@H]1OC[C@@H](O)[C@H](O)[C@H]1O. The molecule has 0 radical (unpaired) electrons. The van der Waals surface area contributed by atoms with Crippen LogP contribution in [0.4, 0.5) is 0 Å². The number of rotatable bonds is 3. The van der Waals surface area contributed by atoms with Gasteiger partial charge in [0.15, 0.2) is 0 Å². The fraction of sp³-hybridized carbons (Fsp3) is 1.00. The number of aliphatic hydroxyl groups is 3. The van der Waals surface area contributed by atoms with Gasteiger partial charge in [-0.3, -0.25) is 5.32 Å². The van der Waals surface area contributed by atoms with Crippen molar-refractivity contribution in [3.63, 3.8) is 0 Å². The molecule has 0 aromatic carbocycles. The lowest BCUT2D eigenvalue weighted by molar-refractivity contribution is -0.194. The van der Waals surface area contributed by atoms with Gasteiger partial charge in [0.25, 0.3) is 0 Å². The van der Waals surface area contributed by atoms with Gasteiger partial charge in [-0.2, -0.15) is 0 Å². The zero-order valence-corrected chi connectivity index (χ0v) is 7.26. The van der Waals surface area contributed by atoms with Gasteiger partial charge in [0.2, 0.25) is 0 Å². The van der Waals surface area contributed by atoms with Gasteiger partial charge in [-0.15, -0.1) is 0 Å². The van der Waals surface area contributed by atoms with Gasteiger partial charge < -0.3 is 25.8 Å². The highest BCUT2D eigenvalue weighted by Crippen LogP contribution is 2.13. The third-order valence-corrected chi connectivity index (χ3v) is 1.99. The summed E-state index contributed by atoms with van der Waals surface area (Å²) < 4.78 is 5.05. The van der Waals surface area contributed by atoms with E-state index in [1.165, 1.54) is 0 Å². The minimum absolute atomic E-state index is 0.0143. The van der Waals surface area contributed by atoms with Gasteiger partial charge in [-0.25, -0.2) is 0 Å². The third kappa shape index (κ3) is 2.60. The molecule has 0 saturated carbocycles. The van der Waals surface area contributed by atoms with Crippen molar-refractivity contribution in [1.82, 2.24) is 5.32 Å². The third-order valence-electron chi connectivity index (χ3n) is 1.99. The summed E-state index contributed by atoms with van der Waals surface area (Å²) in [6.07, 6.45) is -3.95. The molecule has 0 unspecified atom stereocenters. The van der Waals surface area contributed by atoms with Crippen LogP contribution in [-0.4, -0.2) is 59.6 Å². The van der Waals surface area contributed by atoms with E-state index in [9.17, 15) is 10.2 Å². The van der Waals surface area contributed by atoms with E-state index in [0.717, 1.165) is 0 Å². The number of hydrogen-bond donors (Lipinski definition) is 5. The maximum Gasteiger partial charge on any atom is 0.137 e. The molecule has 0 bridgehead atoms. The molecule has 1 heterocycles. The first-order valence-corrected chi connectivity index (χ1v) is 4.26. The molecule has 1 rings (SSSR count). The van der Waals surface area contributed by atoms with E-state index in [0.29, 0.717) is 13.1 Å². The van der Waals surface area contributed by atoms with Crippen LogP contribution in [0.5, 0.6) is 0 Å². The lowest BCUT2D eigenvalue weighted by Gasteiger charge is -2.35. The van der Waals surface area contributed by atoms with E-state index >= 15 is 0 Å². The highest BCUT2D eigenvalue weighted by molar-refractivity contribution is 4.85. The zero-order chi connectivity index (χ0) is 9.84. The summed E-state index contributed by atoms with van der Waals surface area (Å²) in [7, 11) is 0. The van der Waals surface area contributed by atoms with Crippen molar-refractivity contribution < 1.29 is 20.1 Å². The van der Waals surface area contributed by atoms with E-state index in [1.807, 2.05) is 0 Å². The van der Waals surface area contributed by atoms with Crippen LogP contribution in [0.15, 0.2) is 0 Å². The Bertz CT molecular complexity index is 155. The molecule has 1 saturated heterocycles. The van der Waals surface area contributed by atoms with Crippen molar-refractivity contribution in [3.05, 3.63) is 0 Å². The number of aliphatic hydroxyl groups excluding tert-OH is 3. The standard InChI is InChI=1S/C7H16N2O4/c8-1-2-9-7-6(12)5(11)4(10)3-13-7/h4-7,9-12H,1-3,8H2/t4-,5+,6-,7-/m1/s1. The second-order valence-corrected chi connectivity index (χ2v) is 3.05. The first-order valence-electron chi connectivity index (χ1n) is 4.26. The molecule has 0 aromatic heterocycles. The van der Waals surface area contributed by atoms with Crippen molar-refractivity contribution in [2.75, 3.05) is 19.7 Å². The molecule has 0 aromatic rings. The molecule has 6 nitrogen and oxygen atoms in total. The summed E-state index contributed by atoms with van der Waals surface area (Å²) in [5.41, 5.74) is 5.24. The molecule has 78 valence electrons. The molecule has 4 atom stereocenters. The van der Waals surface area contributed by atoms with Crippen LogP contribution in [0.25, 0.3) is 0 Å². The molecular weight excluding hydrogens is 176 g/mol. The van der Waals surface area contributed by atoms with Gasteiger partial charge in [-0.1, -0.05) is 0 Å². The van der Waals surface area contributed by atoms with Crippen molar-refractivity contribution >= 4 is 0 Å². The van der Waals surface area contributed by atoms with Gasteiger partial charge in [-0.05, 0) is 0 Å². The Hall–Kier alpha value is -0.240. The smallest absolute Gasteiger partial charge is 0.137 e. The highest BCUT2D eigenvalue weighted by atomic mass is 16.5.